The second-order valence-corrected chi connectivity index (χ2v) is 7.93. The van der Waals surface area contributed by atoms with Gasteiger partial charge in [-0.25, -0.2) is 8.78 Å². The van der Waals surface area contributed by atoms with Crippen molar-refractivity contribution in [1.82, 2.24) is 0 Å². The zero-order valence-electron chi connectivity index (χ0n) is 15.3. The summed E-state index contributed by atoms with van der Waals surface area (Å²) in [4.78, 5) is 12.5. The van der Waals surface area contributed by atoms with Crippen LogP contribution >= 0.6 is 23.2 Å². The largest absolute Gasteiger partial charge is 0.322 e. The molecule has 2 nitrogen and oxygen atoms in total. The molecule has 148 valence electrons. The molecule has 0 spiro atoms. The van der Waals surface area contributed by atoms with E-state index in [0.717, 1.165) is 5.56 Å². The van der Waals surface area contributed by atoms with Crippen molar-refractivity contribution in [1.29, 1.82) is 0 Å². The number of halogens is 4. The van der Waals surface area contributed by atoms with Crippen LogP contribution in [0, 0.1) is 0 Å². The van der Waals surface area contributed by atoms with Crippen LogP contribution in [0.25, 0.3) is 0 Å². The molecule has 0 heterocycles. The minimum absolute atomic E-state index is 0.298. The van der Waals surface area contributed by atoms with Gasteiger partial charge in [-0.05, 0) is 47.9 Å². The summed E-state index contributed by atoms with van der Waals surface area (Å²) in [6, 6.07) is 18.2. The summed E-state index contributed by atoms with van der Waals surface area (Å²) in [5.74, 6) is -0.671. The van der Waals surface area contributed by atoms with Crippen LogP contribution in [0.15, 0.2) is 66.7 Å². The molecule has 1 fully saturated rings. The van der Waals surface area contributed by atoms with Gasteiger partial charge < -0.3 is 5.32 Å². The fraction of sp³-hybridized carbons (Fsp3) is 0.174. The maximum Gasteiger partial charge on any atom is 0.255 e. The Balaban J connectivity index is 1.49. The van der Waals surface area contributed by atoms with E-state index >= 15 is 4.39 Å². The Morgan fingerprint density at radius 3 is 2.45 bits per heavy atom. The Morgan fingerprint density at radius 1 is 1.03 bits per heavy atom. The molecular formula is C23H17Cl2F2NO. The number of nitrogens with one attached hydrogen (secondary N) is 1. The lowest BCUT2D eigenvalue weighted by Gasteiger charge is -2.11. The van der Waals surface area contributed by atoms with Crippen molar-refractivity contribution >= 4 is 34.8 Å². The second kappa shape index (κ2) is 7.77. The van der Waals surface area contributed by atoms with E-state index in [9.17, 15) is 9.18 Å². The van der Waals surface area contributed by atoms with Gasteiger partial charge in [-0.3, -0.25) is 4.79 Å². The maximum atomic E-state index is 15.4. The minimum Gasteiger partial charge on any atom is -0.322 e. The molecule has 0 bridgehead atoms. The molecule has 4 rings (SSSR count). The van der Waals surface area contributed by atoms with E-state index in [2.05, 4.69) is 5.32 Å². The van der Waals surface area contributed by atoms with Crippen molar-refractivity contribution in [3.63, 3.8) is 0 Å². The van der Waals surface area contributed by atoms with Gasteiger partial charge in [0.15, 0.2) is 0 Å². The summed E-state index contributed by atoms with van der Waals surface area (Å²) in [6.45, 7) is -0.671. The highest BCUT2D eigenvalue weighted by molar-refractivity contribution is 6.42. The normalized spacial score (nSPS) is 20.3. The first kappa shape index (κ1) is 19.9. The standard InChI is InChI=1S/C23H17Cl2F2NO/c24-19-10-7-15(11-20(19)25)18-12-23(18,27)17-8-5-14(6-9-17)22(29)28-21-4-2-1-3-16(21)13-26/h1-11,18H,12-13H2,(H,28,29). The Labute approximate surface area is 177 Å². The van der Waals surface area contributed by atoms with Crippen molar-refractivity contribution in [2.24, 2.45) is 0 Å². The van der Waals surface area contributed by atoms with E-state index < -0.39 is 12.3 Å². The summed E-state index contributed by atoms with van der Waals surface area (Å²) in [5.41, 5.74) is 1.02. The summed E-state index contributed by atoms with van der Waals surface area (Å²) in [6.07, 6.45) is 0.348. The minimum atomic E-state index is -1.49. The summed E-state index contributed by atoms with van der Waals surface area (Å²) < 4.78 is 28.4. The zero-order chi connectivity index (χ0) is 20.6. The summed E-state index contributed by atoms with van der Waals surface area (Å²) in [7, 11) is 0. The molecule has 6 heteroatoms. The van der Waals surface area contributed by atoms with Crippen molar-refractivity contribution in [3.05, 3.63) is 99.0 Å². The first-order chi connectivity index (χ1) is 13.9. The number of hydrogen-bond acceptors (Lipinski definition) is 1. The van der Waals surface area contributed by atoms with Crippen molar-refractivity contribution in [2.45, 2.75) is 24.7 Å². The van der Waals surface area contributed by atoms with E-state index in [1.54, 1.807) is 66.7 Å². The topological polar surface area (TPSA) is 29.1 Å². The van der Waals surface area contributed by atoms with E-state index in [0.29, 0.717) is 38.8 Å². The lowest BCUT2D eigenvalue weighted by Crippen LogP contribution is -2.13. The molecule has 1 saturated carbocycles. The van der Waals surface area contributed by atoms with Gasteiger partial charge in [0, 0.05) is 22.7 Å². The Bertz CT molecular complexity index is 1070. The van der Waals surface area contributed by atoms with Gasteiger partial charge in [0.1, 0.15) is 12.3 Å². The molecule has 3 aromatic rings. The summed E-state index contributed by atoms with van der Waals surface area (Å²) in [5, 5.41) is 3.54. The molecule has 3 aromatic carbocycles. The third-order valence-corrected chi connectivity index (χ3v) is 6.01. The number of para-hydroxylation sites is 1. The number of hydrogen-bond donors (Lipinski definition) is 1. The van der Waals surface area contributed by atoms with Crippen LogP contribution in [-0.4, -0.2) is 5.91 Å². The number of carbonyl (C=O) groups excluding carboxylic acids is 1. The number of alkyl halides is 2. The molecule has 0 aromatic heterocycles. The van der Waals surface area contributed by atoms with Gasteiger partial charge in [-0.15, -0.1) is 0 Å². The van der Waals surface area contributed by atoms with Crippen LogP contribution in [0.5, 0.6) is 0 Å². The van der Waals surface area contributed by atoms with Crippen LogP contribution in [0.1, 0.15) is 39.4 Å². The molecular weight excluding hydrogens is 415 g/mol. The molecule has 1 aliphatic carbocycles. The van der Waals surface area contributed by atoms with E-state index in [-0.39, 0.29) is 11.8 Å². The lowest BCUT2D eigenvalue weighted by atomic mass is 10.0. The predicted octanol–water partition coefficient (Wildman–Crippen LogP) is 7.07. The first-order valence-corrected chi connectivity index (χ1v) is 9.87. The molecule has 1 amide bonds. The van der Waals surface area contributed by atoms with Crippen LogP contribution in [0.4, 0.5) is 14.5 Å². The van der Waals surface area contributed by atoms with Crippen molar-refractivity contribution in [3.8, 4) is 0 Å². The number of carbonyl (C=O) groups is 1. The molecule has 1 aliphatic rings. The molecule has 2 atom stereocenters. The van der Waals surface area contributed by atoms with Crippen LogP contribution in [0.3, 0.4) is 0 Å². The zero-order valence-corrected chi connectivity index (χ0v) is 16.8. The van der Waals surface area contributed by atoms with Crippen LogP contribution < -0.4 is 5.32 Å². The van der Waals surface area contributed by atoms with E-state index in [4.69, 9.17) is 23.2 Å². The lowest BCUT2D eigenvalue weighted by molar-refractivity contribution is 0.102. The Kier molecular flexibility index (Phi) is 5.32. The number of rotatable bonds is 5. The quantitative estimate of drug-likeness (QED) is 0.459. The number of amides is 1. The smallest absolute Gasteiger partial charge is 0.255 e. The van der Waals surface area contributed by atoms with Gasteiger partial charge in [0.2, 0.25) is 0 Å². The van der Waals surface area contributed by atoms with Gasteiger partial charge in [-0.1, -0.05) is 59.6 Å². The average molecular weight is 432 g/mol. The molecule has 0 aliphatic heterocycles. The predicted molar refractivity (Wildman–Crippen MR) is 112 cm³/mol. The van der Waals surface area contributed by atoms with Crippen LogP contribution in [-0.2, 0) is 12.3 Å². The number of benzene rings is 3. The van der Waals surface area contributed by atoms with Gasteiger partial charge >= 0.3 is 0 Å². The molecule has 2 unspecified atom stereocenters. The first-order valence-electron chi connectivity index (χ1n) is 9.12. The third-order valence-electron chi connectivity index (χ3n) is 5.28. The highest BCUT2D eigenvalue weighted by atomic mass is 35.5. The van der Waals surface area contributed by atoms with Crippen molar-refractivity contribution < 1.29 is 13.6 Å². The molecule has 1 N–H and O–H groups in total. The molecule has 0 saturated heterocycles. The van der Waals surface area contributed by atoms with E-state index in [1.807, 2.05) is 0 Å². The summed E-state index contributed by atoms with van der Waals surface area (Å²) >= 11 is 12.0. The molecule has 0 radical (unpaired) electrons. The fourth-order valence-corrected chi connectivity index (χ4v) is 3.83. The van der Waals surface area contributed by atoms with Gasteiger partial charge in [-0.2, -0.15) is 0 Å². The monoisotopic (exact) mass is 431 g/mol. The average Bonchev–Trinajstić information content (AvgIpc) is 3.43. The highest BCUT2D eigenvalue weighted by Gasteiger charge is 2.57. The number of anilines is 1. The second-order valence-electron chi connectivity index (χ2n) is 7.11. The van der Waals surface area contributed by atoms with Gasteiger partial charge in [0.25, 0.3) is 5.91 Å². The van der Waals surface area contributed by atoms with Crippen LogP contribution in [0.2, 0.25) is 10.0 Å². The van der Waals surface area contributed by atoms with Crippen molar-refractivity contribution in [2.75, 3.05) is 5.32 Å². The third kappa shape index (κ3) is 3.87. The fourth-order valence-electron chi connectivity index (χ4n) is 3.52. The Hall–Kier alpha value is -2.43. The van der Waals surface area contributed by atoms with Gasteiger partial charge in [0.05, 0.1) is 10.0 Å². The van der Waals surface area contributed by atoms with E-state index in [1.165, 1.54) is 0 Å². The highest BCUT2D eigenvalue weighted by Crippen LogP contribution is 2.61. The maximum absolute atomic E-state index is 15.4. The SMILES string of the molecule is O=C(Nc1ccccc1CF)c1ccc(C2(F)CC2c2ccc(Cl)c(Cl)c2)cc1. The Morgan fingerprint density at radius 2 is 1.76 bits per heavy atom. The molecule has 29 heavy (non-hydrogen) atoms.